The molecule has 56 heavy (non-hydrogen) atoms. The minimum Gasteiger partial charge on any atom is -0.250 e. The van der Waals surface area contributed by atoms with Gasteiger partial charge in [-0.25, -0.2) is 35.0 Å². The molecule has 0 unspecified atom stereocenters. The Morgan fingerprint density at radius 2 is 0.821 bits per heavy atom. The van der Waals surface area contributed by atoms with Gasteiger partial charge in [0.25, 0.3) is 0 Å². The molecule has 6 heteroatoms. The Balaban J connectivity index is 2.40. The van der Waals surface area contributed by atoms with Crippen molar-refractivity contribution in [3.05, 3.63) is 86.7 Å². The van der Waals surface area contributed by atoms with E-state index in [1.165, 1.54) is 140 Å². The van der Waals surface area contributed by atoms with E-state index < -0.39 is 20.1 Å². The van der Waals surface area contributed by atoms with Crippen LogP contribution in [0.3, 0.4) is 0 Å². The summed E-state index contributed by atoms with van der Waals surface area (Å²) in [5, 5.41) is 0.779. The fourth-order valence-corrected chi connectivity index (χ4v) is 17.0. The van der Waals surface area contributed by atoms with Crippen LogP contribution in [0.15, 0.2) is 52.4 Å². The smallest absolute Gasteiger partial charge is 0.0860 e. The molecule has 0 radical (unpaired) electrons. The van der Waals surface area contributed by atoms with Crippen molar-refractivity contribution in [3.63, 3.8) is 0 Å². The average Bonchev–Trinajstić information content (AvgIpc) is 3.21. The fraction of sp³-hybridized carbons (Fsp3) is 0.620. The molecule has 3 aromatic rings. The van der Waals surface area contributed by atoms with E-state index in [1.807, 2.05) is 6.07 Å². The van der Waals surface area contributed by atoms with Crippen LogP contribution in [0, 0.1) is 34.6 Å². The SMILES string of the molecule is CCCCS(CCCC)(CCCC)CC(=Nc1c(C)ccc(C)c1C)c1cccc(C(CS(CCCC)(CCCC)CCCC)=Nc2c(C)ccc(Cl)c2C)n1. The van der Waals surface area contributed by atoms with E-state index >= 15 is 0 Å². The molecule has 3 nitrogen and oxygen atoms in total. The van der Waals surface area contributed by atoms with E-state index in [0.717, 1.165) is 50.6 Å². The molecule has 0 bridgehead atoms. The number of unbranched alkanes of at least 4 members (excludes halogenated alkanes) is 6. The number of hydrogen-bond donors (Lipinski definition) is 0. The molecule has 0 atom stereocenters. The lowest BCUT2D eigenvalue weighted by Gasteiger charge is -2.41. The number of nitrogens with zero attached hydrogens (tertiary/aromatic N) is 3. The quantitative estimate of drug-likeness (QED) is 0.0743. The van der Waals surface area contributed by atoms with Gasteiger partial charge >= 0.3 is 0 Å². The van der Waals surface area contributed by atoms with Crippen LogP contribution < -0.4 is 0 Å². The van der Waals surface area contributed by atoms with E-state index in [4.69, 9.17) is 26.6 Å². The van der Waals surface area contributed by atoms with Crippen LogP contribution in [0.25, 0.3) is 0 Å². The maximum absolute atomic E-state index is 6.81. The molecule has 1 aromatic heterocycles. The highest BCUT2D eigenvalue weighted by Gasteiger charge is 2.29. The summed E-state index contributed by atoms with van der Waals surface area (Å²) >= 11 is 6.81. The normalized spacial score (nSPS) is 13.4. The lowest BCUT2D eigenvalue weighted by Crippen LogP contribution is -2.26. The number of rotatable bonds is 26. The molecule has 0 saturated carbocycles. The molecule has 0 amide bonds. The van der Waals surface area contributed by atoms with Gasteiger partial charge in [0.1, 0.15) is 0 Å². The summed E-state index contributed by atoms with van der Waals surface area (Å²) in [6, 6.07) is 15.4. The summed E-state index contributed by atoms with van der Waals surface area (Å²) in [4.78, 5) is 17.1. The highest BCUT2D eigenvalue weighted by Crippen LogP contribution is 2.53. The van der Waals surface area contributed by atoms with Gasteiger partial charge in [0.05, 0.1) is 34.2 Å². The van der Waals surface area contributed by atoms with Crippen LogP contribution in [0.5, 0.6) is 0 Å². The molecule has 0 aliphatic heterocycles. The zero-order valence-corrected chi connectivity index (χ0v) is 40.1. The predicted octanol–water partition coefficient (Wildman–Crippen LogP) is 15.9. The maximum Gasteiger partial charge on any atom is 0.0860 e. The van der Waals surface area contributed by atoms with E-state index in [-0.39, 0.29) is 0 Å². The third-order valence-electron chi connectivity index (χ3n) is 11.8. The van der Waals surface area contributed by atoms with E-state index in [1.54, 1.807) is 0 Å². The summed E-state index contributed by atoms with van der Waals surface area (Å²) < 4.78 is 0. The summed E-state index contributed by atoms with van der Waals surface area (Å²) in [6.45, 7) is 25.1. The third-order valence-corrected chi connectivity index (χ3v) is 20.9. The molecule has 2 aromatic carbocycles. The Morgan fingerprint density at radius 3 is 1.20 bits per heavy atom. The first-order chi connectivity index (χ1) is 26.9. The molecular weight excluding hydrogens is 742 g/mol. The van der Waals surface area contributed by atoms with Gasteiger partial charge in [-0.2, -0.15) is 0 Å². The Bertz CT molecular complexity index is 1550. The molecule has 1 heterocycles. The summed E-state index contributed by atoms with van der Waals surface area (Å²) in [5.74, 6) is 9.96. The van der Waals surface area contributed by atoms with E-state index in [0.29, 0.717) is 0 Å². The van der Waals surface area contributed by atoms with E-state index in [2.05, 4.69) is 113 Å². The number of pyridine rings is 1. The summed E-state index contributed by atoms with van der Waals surface area (Å²) in [5.41, 5.74) is 12.5. The summed E-state index contributed by atoms with van der Waals surface area (Å²) in [7, 11) is -1.93. The molecule has 0 aliphatic rings. The van der Waals surface area contributed by atoms with Crippen molar-refractivity contribution < 1.29 is 0 Å². The Hall–Kier alpha value is -2.08. The highest BCUT2D eigenvalue weighted by molar-refractivity contribution is 8.34. The van der Waals surface area contributed by atoms with Crippen LogP contribution >= 0.6 is 31.7 Å². The summed E-state index contributed by atoms with van der Waals surface area (Å²) in [6.07, 6.45) is 15.1. The average molecular weight is 823 g/mol. The highest BCUT2D eigenvalue weighted by atomic mass is 35.5. The first-order valence-corrected chi connectivity index (χ1v) is 27.4. The van der Waals surface area contributed by atoms with Gasteiger partial charge in [-0.15, -0.1) is 0 Å². The predicted molar refractivity (Wildman–Crippen MR) is 262 cm³/mol. The van der Waals surface area contributed by atoms with Crippen LogP contribution in [-0.4, -0.2) is 62.4 Å². The molecule has 3 rings (SSSR count). The molecule has 314 valence electrons. The largest absolute Gasteiger partial charge is 0.250 e. The van der Waals surface area contributed by atoms with Crippen molar-refractivity contribution in [1.82, 2.24) is 4.98 Å². The number of hydrogen-bond acceptors (Lipinski definition) is 3. The second kappa shape index (κ2) is 24.8. The van der Waals surface area contributed by atoms with Gasteiger partial charge in [-0.05, 0) is 154 Å². The van der Waals surface area contributed by atoms with Gasteiger partial charge in [0.15, 0.2) is 0 Å². The molecular formula is C50H80ClN3S2. The maximum atomic E-state index is 6.81. The van der Waals surface area contributed by atoms with E-state index in [9.17, 15) is 0 Å². The third kappa shape index (κ3) is 14.0. The lowest BCUT2D eigenvalue weighted by atomic mass is 10.0. The van der Waals surface area contributed by atoms with Gasteiger partial charge in [-0.3, -0.25) is 0 Å². The van der Waals surface area contributed by atoms with Crippen LogP contribution in [0.4, 0.5) is 11.4 Å². The van der Waals surface area contributed by atoms with Gasteiger partial charge < -0.3 is 0 Å². The van der Waals surface area contributed by atoms with Gasteiger partial charge in [0, 0.05) is 16.5 Å². The minimum absolute atomic E-state index is 0.779. The zero-order chi connectivity index (χ0) is 41.1. The lowest BCUT2D eigenvalue weighted by molar-refractivity contribution is 0.847. The molecule has 0 N–H and O–H groups in total. The minimum atomic E-state index is -0.973. The monoisotopic (exact) mass is 822 g/mol. The Labute approximate surface area is 353 Å². The van der Waals surface area contributed by atoms with Crippen LogP contribution in [0.2, 0.25) is 5.02 Å². The molecule has 0 fully saturated rings. The van der Waals surface area contributed by atoms with Gasteiger partial charge in [0.2, 0.25) is 0 Å². The van der Waals surface area contributed by atoms with Gasteiger partial charge in [-0.1, -0.05) is 116 Å². The first-order valence-electron chi connectivity index (χ1n) is 22.4. The standard InChI is InChI=1S/C50H80ClN3S2/c1-12-18-31-55(32-19-13-2,33-20-14-3)37-47(53-49-40(8)28-27-39(7)42(49)10)45-25-24-26-46(52-45)48(54-50-41(9)29-30-44(51)43(50)11)38-56(34-21-15-4,35-22-16-5)36-23-17-6/h24-30H,12-23,31-38H2,1-11H3. The second-order valence-electron chi connectivity index (χ2n) is 16.6. The molecule has 0 spiro atoms. The van der Waals surface area contributed by atoms with Crippen molar-refractivity contribution in [2.45, 2.75) is 153 Å². The fourth-order valence-electron chi connectivity index (χ4n) is 7.77. The second-order valence-corrected chi connectivity index (χ2v) is 25.0. The Kier molecular flexibility index (Phi) is 21.3. The van der Waals surface area contributed by atoms with Crippen molar-refractivity contribution in [2.75, 3.05) is 46.0 Å². The Morgan fingerprint density at radius 1 is 0.482 bits per heavy atom. The van der Waals surface area contributed by atoms with Crippen LogP contribution in [0.1, 0.15) is 158 Å². The number of aryl methyl sites for hydroxylation is 3. The van der Waals surface area contributed by atoms with Crippen LogP contribution in [-0.2, 0) is 0 Å². The van der Waals surface area contributed by atoms with Crippen molar-refractivity contribution >= 4 is 54.5 Å². The number of aliphatic imine (C=N–C) groups is 2. The zero-order valence-electron chi connectivity index (χ0n) is 37.7. The van der Waals surface area contributed by atoms with Crippen molar-refractivity contribution in [3.8, 4) is 0 Å². The topological polar surface area (TPSA) is 37.6 Å². The number of halogens is 1. The number of benzene rings is 2. The van der Waals surface area contributed by atoms with Crippen molar-refractivity contribution in [1.29, 1.82) is 0 Å². The molecule has 0 aliphatic carbocycles. The first kappa shape index (κ1) is 48.3. The van der Waals surface area contributed by atoms with Crippen molar-refractivity contribution in [2.24, 2.45) is 9.98 Å². The molecule has 0 saturated heterocycles. The number of aromatic nitrogens is 1.